The minimum Gasteiger partial charge on any atom is -0.312 e. The third-order valence-corrected chi connectivity index (χ3v) is 2.26. The van der Waals surface area contributed by atoms with E-state index in [2.05, 4.69) is 9.99 Å². The molecule has 0 fully saturated rings. The normalized spacial score (nSPS) is 17.9. The van der Waals surface area contributed by atoms with Gasteiger partial charge in [-0.05, 0) is 25.5 Å². The van der Waals surface area contributed by atoms with Gasteiger partial charge in [-0.15, -0.1) is 0 Å². The fourth-order valence-electron chi connectivity index (χ4n) is 1.35. The zero-order valence-electron chi connectivity index (χ0n) is 8.65. The Bertz CT molecular complexity index is 455. The van der Waals surface area contributed by atoms with Crippen LogP contribution in [0.4, 0.5) is 0 Å². The van der Waals surface area contributed by atoms with Gasteiger partial charge in [0.05, 0.1) is 11.3 Å². The van der Waals surface area contributed by atoms with Gasteiger partial charge >= 0.3 is 5.97 Å². The van der Waals surface area contributed by atoms with Gasteiger partial charge in [-0.25, -0.2) is 4.79 Å². The molecule has 1 aliphatic rings. The lowest BCUT2D eigenvalue weighted by atomic mass is 10.1. The first-order valence-corrected chi connectivity index (χ1v) is 4.71. The molecule has 3 nitrogen and oxygen atoms in total. The number of nitrogens with zero attached hydrogens (tertiary/aromatic N) is 1. The largest absolute Gasteiger partial charge is 0.367 e. The van der Waals surface area contributed by atoms with Crippen molar-refractivity contribution in [2.24, 2.45) is 5.16 Å². The van der Waals surface area contributed by atoms with E-state index in [1.165, 1.54) is 5.56 Å². The van der Waals surface area contributed by atoms with Crippen LogP contribution in [-0.4, -0.2) is 11.7 Å². The summed E-state index contributed by atoms with van der Waals surface area (Å²) in [6, 6.07) is 7.92. The highest BCUT2D eigenvalue weighted by atomic mass is 16.7. The monoisotopic (exact) mass is 201 g/mol. The number of carbonyl (C=O) groups is 1. The molecule has 0 aromatic heterocycles. The molecule has 1 aromatic rings. The SMILES string of the molecule is CC1=NOC(=O)C1=Cc1ccc(C)cc1. The summed E-state index contributed by atoms with van der Waals surface area (Å²) in [7, 11) is 0. The van der Waals surface area contributed by atoms with Crippen molar-refractivity contribution in [3.05, 3.63) is 41.0 Å². The van der Waals surface area contributed by atoms with Crippen molar-refractivity contribution >= 4 is 17.8 Å². The second-order valence-electron chi connectivity index (χ2n) is 3.52. The summed E-state index contributed by atoms with van der Waals surface area (Å²) >= 11 is 0. The van der Waals surface area contributed by atoms with Crippen molar-refractivity contribution in [3.63, 3.8) is 0 Å². The van der Waals surface area contributed by atoms with Crippen molar-refractivity contribution in [1.29, 1.82) is 0 Å². The van der Waals surface area contributed by atoms with Crippen molar-refractivity contribution < 1.29 is 9.63 Å². The number of hydrogen-bond acceptors (Lipinski definition) is 3. The van der Waals surface area contributed by atoms with Gasteiger partial charge in [0.2, 0.25) is 0 Å². The maximum absolute atomic E-state index is 11.3. The van der Waals surface area contributed by atoms with E-state index in [-0.39, 0.29) is 5.97 Å². The van der Waals surface area contributed by atoms with Gasteiger partial charge in [0.25, 0.3) is 0 Å². The molecule has 0 N–H and O–H groups in total. The summed E-state index contributed by atoms with van der Waals surface area (Å²) in [6.45, 7) is 3.78. The van der Waals surface area contributed by atoms with Crippen molar-refractivity contribution in [3.8, 4) is 0 Å². The average Bonchev–Trinajstić information content (AvgIpc) is 2.53. The summed E-state index contributed by atoms with van der Waals surface area (Å²) in [6.07, 6.45) is 1.79. The average molecular weight is 201 g/mol. The molecule has 1 heterocycles. The molecule has 3 heteroatoms. The van der Waals surface area contributed by atoms with Crippen LogP contribution in [0.2, 0.25) is 0 Å². The van der Waals surface area contributed by atoms with Gasteiger partial charge < -0.3 is 4.84 Å². The van der Waals surface area contributed by atoms with Gasteiger partial charge in [-0.3, -0.25) is 0 Å². The molecule has 0 saturated carbocycles. The summed E-state index contributed by atoms with van der Waals surface area (Å²) in [5, 5.41) is 3.61. The van der Waals surface area contributed by atoms with E-state index in [0.29, 0.717) is 11.3 Å². The van der Waals surface area contributed by atoms with E-state index >= 15 is 0 Å². The van der Waals surface area contributed by atoms with Crippen molar-refractivity contribution in [2.45, 2.75) is 13.8 Å². The van der Waals surface area contributed by atoms with Gasteiger partial charge in [0.1, 0.15) is 0 Å². The molecule has 2 rings (SSSR count). The fourth-order valence-corrected chi connectivity index (χ4v) is 1.35. The van der Waals surface area contributed by atoms with Crippen LogP contribution in [0.1, 0.15) is 18.1 Å². The number of benzene rings is 1. The highest BCUT2D eigenvalue weighted by molar-refractivity contribution is 6.24. The van der Waals surface area contributed by atoms with Crippen LogP contribution >= 0.6 is 0 Å². The standard InChI is InChI=1S/C12H11NO2/c1-8-3-5-10(6-4-8)7-11-9(2)13-15-12(11)14/h3-7H,1-2H3. The third-order valence-electron chi connectivity index (χ3n) is 2.26. The molecule has 1 aliphatic heterocycles. The van der Waals surface area contributed by atoms with E-state index < -0.39 is 0 Å². The Hall–Kier alpha value is -1.90. The second kappa shape index (κ2) is 3.69. The van der Waals surface area contributed by atoms with E-state index in [1.807, 2.05) is 31.2 Å². The Kier molecular flexibility index (Phi) is 2.37. The molecule has 15 heavy (non-hydrogen) atoms. The molecule has 0 saturated heterocycles. The first-order chi connectivity index (χ1) is 7.16. The summed E-state index contributed by atoms with van der Waals surface area (Å²) in [5.74, 6) is -0.381. The van der Waals surface area contributed by atoms with Crippen LogP contribution in [0.15, 0.2) is 35.0 Å². The molecular weight excluding hydrogens is 190 g/mol. The fraction of sp³-hybridized carbons (Fsp3) is 0.167. The zero-order chi connectivity index (χ0) is 10.8. The lowest BCUT2D eigenvalue weighted by Crippen LogP contribution is -2.01. The van der Waals surface area contributed by atoms with E-state index in [1.54, 1.807) is 13.0 Å². The maximum Gasteiger partial charge on any atom is 0.367 e. The topological polar surface area (TPSA) is 38.7 Å². The minimum absolute atomic E-state index is 0.381. The smallest absolute Gasteiger partial charge is 0.312 e. The van der Waals surface area contributed by atoms with E-state index in [4.69, 9.17) is 0 Å². The van der Waals surface area contributed by atoms with Crippen LogP contribution in [0, 0.1) is 6.92 Å². The van der Waals surface area contributed by atoms with E-state index in [0.717, 1.165) is 5.56 Å². The van der Waals surface area contributed by atoms with Crippen LogP contribution in [0.5, 0.6) is 0 Å². The van der Waals surface area contributed by atoms with Crippen LogP contribution in [0.3, 0.4) is 0 Å². The zero-order valence-corrected chi connectivity index (χ0v) is 8.65. The van der Waals surface area contributed by atoms with Gasteiger partial charge in [-0.2, -0.15) is 0 Å². The van der Waals surface area contributed by atoms with Crippen LogP contribution < -0.4 is 0 Å². The predicted molar refractivity (Wildman–Crippen MR) is 58.4 cm³/mol. The Morgan fingerprint density at radius 2 is 1.87 bits per heavy atom. The summed E-state index contributed by atoms with van der Waals surface area (Å²) < 4.78 is 0. The number of oxime groups is 1. The summed E-state index contributed by atoms with van der Waals surface area (Å²) in [4.78, 5) is 15.8. The Balaban J connectivity index is 2.34. The molecule has 0 aliphatic carbocycles. The Morgan fingerprint density at radius 1 is 1.20 bits per heavy atom. The van der Waals surface area contributed by atoms with Gasteiger partial charge in [0.15, 0.2) is 0 Å². The third kappa shape index (κ3) is 1.96. The van der Waals surface area contributed by atoms with Crippen LogP contribution in [-0.2, 0) is 9.63 Å². The quantitative estimate of drug-likeness (QED) is 0.516. The van der Waals surface area contributed by atoms with Crippen molar-refractivity contribution in [2.75, 3.05) is 0 Å². The first-order valence-electron chi connectivity index (χ1n) is 4.71. The molecule has 0 unspecified atom stereocenters. The molecule has 0 bridgehead atoms. The summed E-state index contributed by atoms with van der Waals surface area (Å²) in [5.41, 5.74) is 3.32. The highest BCUT2D eigenvalue weighted by Gasteiger charge is 2.21. The minimum atomic E-state index is -0.381. The first kappa shape index (κ1) is 9.65. The molecule has 0 atom stereocenters. The molecule has 0 spiro atoms. The maximum atomic E-state index is 11.3. The van der Waals surface area contributed by atoms with Gasteiger partial charge in [0, 0.05) is 0 Å². The molecule has 1 aromatic carbocycles. The lowest BCUT2D eigenvalue weighted by Gasteiger charge is -1.96. The van der Waals surface area contributed by atoms with Crippen LogP contribution in [0.25, 0.3) is 6.08 Å². The highest BCUT2D eigenvalue weighted by Crippen LogP contribution is 2.15. The molecular formula is C12H11NO2. The lowest BCUT2D eigenvalue weighted by molar-refractivity contribution is -0.136. The second-order valence-corrected chi connectivity index (χ2v) is 3.52. The molecule has 0 amide bonds. The van der Waals surface area contributed by atoms with Crippen molar-refractivity contribution in [1.82, 2.24) is 0 Å². The Morgan fingerprint density at radius 3 is 2.40 bits per heavy atom. The molecule has 76 valence electrons. The number of rotatable bonds is 1. The number of aryl methyl sites for hydroxylation is 1. The Labute approximate surface area is 88.1 Å². The number of hydrogen-bond donors (Lipinski definition) is 0. The van der Waals surface area contributed by atoms with Gasteiger partial charge in [-0.1, -0.05) is 35.0 Å². The van der Waals surface area contributed by atoms with E-state index in [9.17, 15) is 4.79 Å². The predicted octanol–water partition coefficient (Wildman–Crippen LogP) is 2.31. The number of carbonyl (C=O) groups excluding carboxylic acids is 1. The molecule has 0 radical (unpaired) electrons.